The third-order valence-electron chi connectivity index (χ3n) is 8.35. The normalized spacial score (nSPS) is 19.8. The Kier molecular flexibility index (Phi) is 13.9. The van der Waals surface area contributed by atoms with E-state index >= 15 is 0 Å². The molecule has 0 aliphatic carbocycles. The van der Waals surface area contributed by atoms with Crippen LogP contribution in [0.25, 0.3) is 0 Å². The van der Waals surface area contributed by atoms with Gasteiger partial charge < -0.3 is 30.9 Å². The number of carboxylic acids is 1. The predicted octanol–water partition coefficient (Wildman–Crippen LogP) is 3.27. The zero-order valence-corrected chi connectivity index (χ0v) is 25.8. The maximum atomic E-state index is 13.1. The van der Waals surface area contributed by atoms with Crippen molar-refractivity contribution >= 4 is 29.7 Å². The molecule has 0 saturated carbocycles. The highest BCUT2D eigenvalue weighted by Gasteiger charge is 2.37. The van der Waals surface area contributed by atoms with E-state index in [1.54, 1.807) is 4.90 Å². The molecule has 11 nitrogen and oxygen atoms in total. The standard InChI is InChI=1S/C30H53N5O6/c1-6-7-8-9-10-14-21(2)26(28(39)40)33-27(38)22-15-13-18-35(22)25(37)19-31-29(41)32-23(30(3,4)5)20-34-17-12-11-16-24(34)36/h21-23,26H,6-20H2,1-5H3,(H,33,38)(H,39,40)(H2,31,32,41)/t21?,22-,23+,26+/m0/s1. The molecule has 234 valence electrons. The van der Waals surface area contributed by atoms with Gasteiger partial charge in [0.1, 0.15) is 12.1 Å². The summed E-state index contributed by atoms with van der Waals surface area (Å²) in [6, 6.07) is -2.61. The summed E-state index contributed by atoms with van der Waals surface area (Å²) in [5.41, 5.74) is -0.315. The summed E-state index contributed by atoms with van der Waals surface area (Å²) in [5.74, 6) is -2.08. The lowest BCUT2D eigenvalue weighted by molar-refractivity contribution is -0.145. The minimum absolute atomic E-state index is 0.0905. The molecule has 11 heteroatoms. The summed E-state index contributed by atoms with van der Waals surface area (Å²) < 4.78 is 0. The molecule has 0 aromatic carbocycles. The van der Waals surface area contributed by atoms with Crippen LogP contribution >= 0.6 is 0 Å². The average Bonchev–Trinajstić information content (AvgIpc) is 3.40. The second-order valence-electron chi connectivity index (χ2n) is 12.8. The number of aliphatic carboxylic acids is 1. The molecule has 2 aliphatic rings. The van der Waals surface area contributed by atoms with Crippen molar-refractivity contribution in [2.45, 2.75) is 123 Å². The fraction of sp³-hybridized carbons (Fsp3) is 0.833. The zero-order valence-electron chi connectivity index (χ0n) is 25.8. The minimum Gasteiger partial charge on any atom is -0.480 e. The lowest BCUT2D eigenvalue weighted by atomic mass is 9.86. The van der Waals surface area contributed by atoms with Crippen LogP contribution in [0, 0.1) is 11.3 Å². The molecule has 2 aliphatic heterocycles. The van der Waals surface area contributed by atoms with Crippen LogP contribution < -0.4 is 16.0 Å². The Hall–Kier alpha value is -2.85. The molecule has 0 radical (unpaired) electrons. The quantitative estimate of drug-likeness (QED) is 0.219. The monoisotopic (exact) mass is 579 g/mol. The minimum atomic E-state index is -1.08. The molecule has 5 amide bonds. The first-order valence-corrected chi connectivity index (χ1v) is 15.5. The highest BCUT2D eigenvalue weighted by atomic mass is 16.4. The number of amides is 5. The van der Waals surface area contributed by atoms with Crippen molar-refractivity contribution in [1.29, 1.82) is 0 Å². The summed E-state index contributed by atoms with van der Waals surface area (Å²) in [4.78, 5) is 66.3. The maximum absolute atomic E-state index is 13.1. The highest BCUT2D eigenvalue weighted by Crippen LogP contribution is 2.23. The van der Waals surface area contributed by atoms with Crippen LogP contribution in [0.5, 0.6) is 0 Å². The van der Waals surface area contributed by atoms with E-state index in [0.717, 1.165) is 44.9 Å². The number of piperidine rings is 1. The number of rotatable bonds is 15. The molecule has 0 bridgehead atoms. The van der Waals surface area contributed by atoms with Gasteiger partial charge in [0.05, 0.1) is 12.6 Å². The third kappa shape index (κ3) is 11.2. The first-order valence-electron chi connectivity index (χ1n) is 15.5. The van der Waals surface area contributed by atoms with E-state index in [0.29, 0.717) is 45.3 Å². The summed E-state index contributed by atoms with van der Waals surface area (Å²) in [5, 5.41) is 18.0. The molecule has 0 aromatic heterocycles. The van der Waals surface area contributed by atoms with E-state index in [1.807, 2.05) is 27.7 Å². The molecule has 4 N–H and O–H groups in total. The number of likely N-dealkylation sites (tertiary alicyclic amines) is 2. The molecule has 0 aromatic rings. The van der Waals surface area contributed by atoms with E-state index in [2.05, 4.69) is 22.9 Å². The first-order chi connectivity index (χ1) is 19.3. The molecule has 2 saturated heterocycles. The van der Waals surface area contributed by atoms with Crippen molar-refractivity contribution in [2.75, 3.05) is 26.2 Å². The van der Waals surface area contributed by atoms with Crippen LogP contribution in [-0.4, -0.2) is 88.9 Å². The van der Waals surface area contributed by atoms with Gasteiger partial charge in [0.25, 0.3) is 0 Å². The van der Waals surface area contributed by atoms with Gasteiger partial charge in [-0.15, -0.1) is 0 Å². The van der Waals surface area contributed by atoms with Crippen LogP contribution in [0.3, 0.4) is 0 Å². The summed E-state index contributed by atoms with van der Waals surface area (Å²) >= 11 is 0. The van der Waals surface area contributed by atoms with Crippen LogP contribution in [0.2, 0.25) is 0 Å². The van der Waals surface area contributed by atoms with Crippen LogP contribution in [0.4, 0.5) is 4.79 Å². The molecule has 4 atom stereocenters. The number of carbonyl (C=O) groups is 5. The average molecular weight is 580 g/mol. The molecule has 1 unspecified atom stereocenters. The molecule has 2 fully saturated rings. The Labute approximate surface area is 245 Å². The van der Waals surface area contributed by atoms with Gasteiger partial charge in [-0.05, 0) is 43.4 Å². The van der Waals surface area contributed by atoms with Crippen molar-refractivity contribution in [3.8, 4) is 0 Å². The Morgan fingerprint density at radius 2 is 1.71 bits per heavy atom. The van der Waals surface area contributed by atoms with E-state index in [4.69, 9.17) is 0 Å². The lowest BCUT2D eigenvalue weighted by Gasteiger charge is -2.37. The van der Waals surface area contributed by atoms with Crippen molar-refractivity contribution in [3.05, 3.63) is 0 Å². The number of unbranched alkanes of at least 4 members (excludes halogenated alkanes) is 4. The highest BCUT2D eigenvalue weighted by molar-refractivity contribution is 5.92. The lowest BCUT2D eigenvalue weighted by Crippen LogP contribution is -2.56. The first kappa shape index (κ1) is 34.4. The third-order valence-corrected chi connectivity index (χ3v) is 8.35. The fourth-order valence-electron chi connectivity index (χ4n) is 5.55. The summed E-state index contributed by atoms with van der Waals surface area (Å²) in [7, 11) is 0. The topological polar surface area (TPSA) is 148 Å². The van der Waals surface area contributed by atoms with Gasteiger partial charge in [-0.25, -0.2) is 9.59 Å². The number of carboxylic acid groups (broad SMARTS) is 1. The number of nitrogens with zero attached hydrogens (tertiary/aromatic N) is 2. The van der Waals surface area contributed by atoms with E-state index in [9.17, 15) is 29.1 Å². The van der Waals surface area contributed by atoms with Crippen molar-refractivity contribution in [3.63, 3.8) is 0 Å². The number of nitrogens with one attached hydrogen (secondary N) is 3. The molecule has 2 rings (SSSR count). The largest absolute Gasteiger partial charge is 0.480 e. The second kappa shape index (κ2) is 16.6. The smallest absolute Gasteiger partial charge is 0.326 e. The number of carbonyl (C=O) groups excluding carboxylic acids is 4. The Bertz CT molecular complexity index is 904. The van der Waals surface area contributed by atoms with E-state index in [-0.39, 0.29) is 29.8 Å². The predicted molar refractivity (Wildman–Crippen MR) is 157 cm³/mol. The molecule has 2 heterocycles. The Morgan fingerprint density at radius 1 is 1.00 bits per heavy atom. The van der Waals surface area contributed by atoms with Crippen molar-refractivity contribution in [2.24, 2.45) is 11.3 Å². The van der Waals surface area contributed by atoms with Crippen LogP contribution in [-0.2, 0) is 19.2 Å². The molecule has 41 heavy (non-hydrogen) atoms. The summed E-state index contributed by atoms with van der Waals surface area (Å²) in [6.07, 6.45) is 9.48. The molecular weight excluding hydrogens is 526 g/mol. The number of hydrogen-bond acceptors (Lipinski definition) is 5. The van der Waals surface area contributed by atoms with Gasteiger partial charge in [0.2, 0.25) is 17.7 Å². The Balaban J connectivity index is 1.89. The van der Waals surface area contributed by atoms with Gasteiger partial charge in [-0.2, -0.15) is 0 Å². The van der Waals surface area contributed by atoms with Crippen molar-refractivity contribution in [1.82, 2.24) is 25.8 Å². The maximum Gasteiger partial charge on any atom is 0.326 e. The van der Waals surface area contributed by atoms with Crippen LogP contribution in [0.15, 0.2) is 0 Å². The second-order valence-corrected chi connectivity index (χ2v) is 12.8. The van der Waals surface area contributed by atoms with Gasteiger partial charge >= 0.3 is 12.0 Å². The van der Waals surface area contributed by atoms with Gasteiger partial charge in [0.15, 0.2) is 0 Å². The molecule has 0 spiro atoms. The number of urea groups is 1. The fourth-order valence-corrected chi connectivity index (χ4v) is 5.55. The van der Waals surface area contributed by atoms with Gasteiger partial charge in [-0.1, -0.05) is 66.7 Å². The number of hydrogen-bond donors (Lipinski definition) is 4. The SMILES string of the molecule is CCCCCCCC(C)[C@@H](NC(=O)[C@@H]1CCCN1C(=O)CNC(=O)N[C@H](CN1CCCCC1=O)C(C)(C)C)C(=O)O. The van der Waals surface area contributed by atoms with Crippen molar-refractivity contribution < 1.29 is 29.1 Å². The van der Waals surface area contributed by atoms with E-state index < -0.39 is 35.9 Å². The molecular formula is C30H53N5O6. The van der Waals surface area contributed by atoms with Crippen LogP contribution in [0.1, 0.15) is 105 Å². The van der Waals surface area contributed by atoms with E-state index in [1.165, 1.54) is 4.90 Å². The Morgan fingerprint density at radius 3 is 2.34 bits per heavy atom. The zero-order chi connectivity index (χ0) is 30.6. The van der Waals surface area contributed by atoms with Gasteiger partial charge in [-0.3, -0.25) is 14.4 Å². The summed E-state index contributed by atoms with van der Waals surface area (Å²) in [6.45, 7) is 11.1. The van der Waals surface area contributed by atoms with Gasteiger partial charge in [0, 0.05) is 26.1 Å².